The first kappa shape index (κ1) is 11.8. The number of hydrogen-bond donors (Lipinski definition) is 2. The van der Waals surface area contributed by atoms with Crippen LogP contribution in [0.4, 0.5) is 14.5 Å². The maximum atomic E-state index is 13.3. The van der Waals surface area contributed by atoms with E-state index in [-0.39, 0.29) is 11.4 Å². The van der Waals surface area contributed by atoms with Crippen LogP contribution in [-0.4, -0.2) is 10.9 Å². The van der Waals surface area contributed by atoms with Gasteiger partial charge >= 0.3 is 0 Å². The Balaban J connectivity index is 2.21. The maximum Gasteiger partial charge on any atom is 0.272 e. The zero-order valence-electron chi connectivity index (χ0n) is 8.43. The van der Waals surface area contributed by atoms with Gasteiger partial charge in [-0.2, -0.15) is 0 Å². The highest BCUT2D eigenvalue weighted by Gasteiger charge is 2.11. The molecule has 1 amide bonds. The number of amides is 1. The summed E-state index contributed by atoms with van der Waals surface area (Å²) in [5.41, 5.74) is 0.0567. The van der Waals surface area contributed by atoms with Crippen LogP contribution in [0.25, 0.3) is 0 Å². The van der Waals surface area contributed by atoms with E-state index in [2.05, 4.69) is 26.2 Å². The fourth-order valence-corrected chi connectivity index (χ4v) is 1.63. The highest BCUT2D eigenvalue weighted by atomic mass is 79.9. The summed E-state index contributed by atoms with van der Waals surface area (Å²) in [4.78, 5) is 14.3. The second kappa shape index (κ2) is 4.67. The van der Waals surface area contributed by atoms with E-state index in [9.17, 15) is 13.6 Å². The molecule has 0 saturated heterocycles. The average molecular weight is 301 g/mol. The number of aromatic amines is 1. The van der Waals surface area contributed by atoms with E-state index in [1.165, 1.54) is 6.07 Å². The van der Waals surface area contributed by atoms with Crippen molar-refractivity contribution in [3.05, 3.63) is 52.3 Å². The third-order valence-electron chi connectivity index (χ3n) is 2.07. The van der Waals surface area contributed by atoms with Crippen LogP contribution in [0.1, 0.15) is 10.5 Å². The van der Waals surface area contributed by atoms with Crippen molar-refractivity contribution in [3.63, 3.8) is 0 Å². The van der Waals surface area contributed by atoms with Crippen molar-refractivity contribution >= 4 is 27.5 Å². The second-order valence-corrected chi connectivity index (χ2v) is 4.23. The van der Waals surface area contributed by atoms with Crippen molar-refractivity contribution in [1.29, 1.82) is 0 Å². The molecule has 0 bridgehead atoms. The highest BCUT2D eigenvalue weighted by molar-refractivity contribution is 9.10. The van der Waals surface area contributed by atoms with Gasteiger partial charge in [-0.05, 0) is 34.1 Å². The van der Waals surface area contributed by atoms with Gasteiger partial charge in [0.05, 0.1) is 5.69 Å². The van der Waals surface area contributed by atoms with Gasteiger partial charge in [-0.25, -0.2) is 8.78 Å². The largest absolute Gasteiger partial charge is 0.356 e. The SMILES string of the molecule is O=C(Nc1cc(F)ccc1F)c1cc(Br)c[nH]1. The van der Waals surface area contributed by atoms with Crippen molar-refractivity contribution < 1.29 is 13.6 Å². The Labute approximate surface area is 104 Å². The van der Waals surface area contributed by atoms with Crippen LogP contribution in [0.5, 0.6) is 0 Å². The number of carbonyl (C=O) groups excluding carboxylic acids is 1. The number of hydrogen-bond acceptors (Lipinski definition) is 1. The zero-order valence-corrected chi connectivity index (χ0v) is 10.0. The number of rotatable bonds is 2. The molecule has 0 aliphatic rings. The normalized spacial score (nSPS) is 10.3. The van der Waals surface area contributed by atoms with Crippen molar-refractivity contribution in [1.82, 2.24) is 4.98 Å². The highest BCUT2D eigenvalue weighted by Crippen LogP contribution is 2.17. The number of nitrogens with one attached hydrogen (secondary N) is 2. The van der Waals surface area contributed by atoms with Crippen LogP contribution in [0.3, 0.4) is 0 Å². The van der Waals surface area contributed by atoms with Gasteiger partial charge in [-0.1, -0.05) is 0 Å². The molecule has 2 rings (SSSR count). The fraction of sp³-hybridized carbons (Fsp3) is 0. The van der Waals surface area contributed by atoms with E-state index in [1.54, 1.807) is 6.20 Å². The monoisotopic (exact) mass is 300 g/mol. The van der Waals surface area contributed by atoms with Crippen LogP contribution < -0.4 is 5.32 Å². The Morgan fingerprint density at radius 3 is 2.71 bits per heavy atom. The van der Waals surface area contributed by atoms with Crippen molar-refractivity contribution in [3.8, 4) is 0 Å². The number of halogens is 3. The van der Waals surface area contributed by atoms with E-state index in [4.69, 9.17) is 0 Å². The van der Waals surface area contributed by atoms with Gasteiger partial charge in [0.1, 0.15) is 17.3 Å². The lowest BCUT2D eigenvalue weighted by molar-refractivity contribution is 0.102. The summed E-state index contributed by atoms with van der Waals surface area (Å²) in [5, 5.41) is 2.27. The second-order valence-electron chi connectivity index (χ2n) is 3.31. The summed E-state index contributed by atoms with van der Waals surface area (Å²) in [6.45, 7) is 0. The summed E-state index contributed by atoms with van der Waals surface area (Å²) < 4.78 is 26.8. The zero-order chi connectivity index (χ0) is 12.4. The van der Waals surface area contributed by atoms with Crippen LogP contribution in [0, 0.1) is 11.6 Å². The topological polar surface area (TPSA) is 44.9 Å². The third-order valence-corrected chi connectivity index (χ3v) is 2.53. The van der Waals surface area contributed by atoms with E-state index in [0.29, 0.717) is 4.47 Å². The standard InChI is InChI=1S/C11H7BrF2N2O/c12-6-3-10(15-5-6)11(17)16-9-4-7(13)1-2-8(9)14/h1-5,15H,(H,16,17). The molecule has 88 valence electrons. The lowest BCUT2D eigenvalue weighted by Crippen LogP contribution is -2.13. The van der Waals surface area contributed by atoms with Gasteiger partial charge < -0.3 is 10.3 Å². The summed E-state index contributed by atoms with van der Waals surface area (Å²) in [7, 11) is 0. The molecule has 0 unspecified atom stereocenters. The van der Waals surface area contributed by atoms with Gasteiger partial charge in [-0.15, -0.1) is 0 Å². The molecular formula is C11H7BrF2N2O. The first-order valence-electron chi connectivity index (χ1n) is 4.66. The molecule has 17 heavy (non-hydrogen) atoms. The van der Waals surface area contributed by atoms with Crippen LogP contribution in [-0.2, 0) is 0 Å². The predicted octanol–water partition coefficient (Wildman–Crippen LogP) is 3.31. The molecule has 6 heteroatoms. The molecule has 1 aromatic carbocycles. The molecule has 0 aliphatic heterocycles. The molecule has 0 atom stereocenters. The molecule has 3 nitrogen and oxygen atoms in total. The number of anilines is 1. The Kier molecular flexibility index (Phi) is 3.23. The number of benzene rings is 1. The first-order chi connectivity index (χ1) is 8.06. The molecule has 0 spiro atoms. The Hall–Kier alpha value is -1.69. The molecule has 2 aromatic rings. The van der Waals surface area contributed by atoms with E-state index >= 15 is 0 Å². The van der Waals surface area contributed by atoms with Crippen LogP contribution in [0.15, 0.2) is 34.9 Å². The number of aromatic nitrogens is 1. The van der Waals surface area contributed by atoms with E-state index in [0.717, 1.165) is 18.2 Å². The van der Waals surface area contributed by atoms with Gasteiger partial charge in [0.2, 0.25) is 0 Å². The molecular weight excluding hydrogens is 294 g/mol. The fourth-order valence-electron chi connectivity index (χ4n) is 1.28. The van der Waals surface area contributed by atoms with Crippen LogP contribution >= 0.6 is 15.9 Å². The van der Waals surface area contributed by atoms with E-state index < -0.39 is 17.5 Å². The molecule has 0 radical (unpaired) electrons. The van der Waals surface area contributed by atoms with Gasteiger partial charge in [0.15, 0.2) is 0 Å². The van der Waals surface area contributed by atoms with Gasteiger partial charge in [0.25, 0.3) is 5.91 Å². The molecule has 2 N–H and O–H groups in total. The van der Waals surface area contributed by atoms with Gasteiger partial charge in [0, 0.05) is 16.7 Å². The van der Waals surface area contributed by atoms with Gasteiger partial charge in [-0.3, -0.25) is 4.79 Å². The summed E-state index contributed by atoms with van der Waals surface area (Å²) in [6.07, 6.45) is 1.57. The molecule has 0 aliphatic carbocycles. The van der Waals surface area contributed by atoms with E-state index in [1.807, 2.05) is 0 Å². The minimum Gasteiger partial charge on any atom is -0.356 e. The summed E-state index contributed by atoms with van der Waals surface area (Å²) >= 11 is 3.17. The number of H-pyrrole nitrogens is 1. The minimum atomic E-state index is -0.689. The molecule has 0 saturated carbocycles. The predicted molar refractivity (Wildman–Crippen MR) is 62.8 cm³/mol. The maximum absolute atomic E-state index is 13.3. The summed E-state index contributed by atoms with van der Waals surface area (Å²) in [6, 6.07) is 4.39. The van der Waals surface area contributed by atoms with Crippen LogP contribution in [0.2, 0.25) is 0 Å². The first-order valence-corrected chi connectivity index (χ1v) is 5.46. The quantitative estimate of drug-likeness (QED) is 0.878. The van der Waals surface area contributed by atoms with Crippen molar-refractivity contribution in [2.24, 2.45) is 0 Å². The van der Waals surface area contributed by atoms with Crippen molar-refractivity contribution in [2.75, 3.05) is 5.32 Å². The number of carbonyl (C=O) groups is 1. The molecule has 1 heterocycles. The third kappa shape index (κ3) is 2.71. The minimum absolute atomic E-state index is 0.194. The Morgan fingerprint density at radius 1 is 1.29 bits per heavy atom. The molecule has 0 fully saturated rings. The molecule has 1 aromatic heterocycles. The Morgan fingerprint density at radius 2 is 2.06 bits per heavy atom. The lowest BCUT2D eigenvalue weighted by Gasteiger charge is -2.04. The average Bonchev–Trinajstić information content (AvgIpc) is 2.70. The summed E-state index contributed by atoms with van der Waals surface area (Å²) in [5.74, 6) is -1.85. The smallest absolute Gasteiger partial charge is 0.272 e. The lowest BCUT2D eigenvalue weighted by atomic mass is 10.3. The Bertz CT molecular complexity index is 568. The van der Waals surface area contributed by atoms with Crippen molar-refractivity contribution in [2.45, 2.75) is 0 Å².